The Bertz CT molecular complexity index is 1470. The molecule has 15 atom stereocenters. The number of carbonyl (C=O) groups excluding carboxylic acids is 4. The summed E-state index contributed by atoms with van der Waals surface area (Å²) in [7, 11) is 4.49. The van der Waals surface area contributed by atoms with E-state index in [0.29, 0.717) is 49.7 Å². The lowest BCUT2D eigenvalue weighted by atomic mass is 9.81. The van der Waals surface area contributed by atoms with Gasteiger partial charge in [-0.05, 0) is 94.6 Å². The molecule has 324 valence electrons. The number of ether oxygens (including phenoxy) is 5. The predicted molar refractivity (Wildman–Crippen MR) is 209 cm³/mol. The van der Waals surface area contributed by atoms with Crippen LogP contribution in [0, 0.1) is 29.6 Å². The van der Waals surface area contributed by atoms with Crippen molar-refractivity contribution in [1.82, 2.24) is 4.90 Å². The van der Waals surface area contributed by atoms with Crippen LogP contribution in [0.15, 0.2) is 23.3 Å². The fourth-order valence-electron chi connectivity index (χ4n) is 9.31. The molecule has 57 heavy (non-hydrogen) atoms. The molecule has 3 fully saturated rings. The molecule has 0 aromatic rings. The van der Waals surface area contributed by atoms with E-state index >= 15 is 0 Å². The number of methoxy groups -OCH3 is 3. The predicted octanol–water partition coefficient (Wildman–Crippen LogP) is 3.44. The maximum absolute atomic E-state index is 14.3. The van der Waals surface area contributed by atoms with E-state index in [1.54, 1.807) is 40.9 Å². The number of aliphatic hydroxyl groups excluding tert-OH is 3. The molecule has 4 aliphatic rings. The summed E-state index contributed by atoms with van der Waals surface area (Å²) in [5, 5.41) is 45.6. The normalized spacial score (nSPS) is 42.4. The maximum Gasteiger partial charge on any atom is 0.329 e. The van der Waals surface area contributed by atoms with Crippen molar-refractivity contribution in [2.24, 2.45) is 29.6 Å². The van der Waals surface area contributed by atoms with E-state index in [-0.39, 0.29) is 50.0 Å². The second-order valence-corrected chi connectivity index (χ2v) is 17.2. The van der Waals surface area contributed by atoms with Gasteiger partial charge in [0.25, 0.3) is 11.7 Å². The van der Waals surface area contributed by atoms with Crippen LogP contribution in [0.2, 0.25) is 0 Å². The molecule has 1 saturated carbocycles. The molecule has 15 unspecified atom stereocenters. The summed E-state index contributed by atoms with van der Waals surface area (Å²) in [5.41, 5.74) is 1.19. The van der Waals surface area contributed by atoms with Gasteiger partial charge in [-0.3, -0.25) is 14.4 Å². The van der Waals surface area contributed by atoms with Crippen molar-refractivity contribution in [3.63, 3.8) is 0 Å². The highest BCUT2D eigenvalue weighted by Gasteiger charge is 2.56. The van der Waals surface area contributed by atoms with E-state index in [1.807, 2.05) is 19.9 Å². The number of piperidine rings is 1. The average Bonchev–Trinajstić information content (AvgIpc) is 3.20. The van der Waals surface area contributed by atoms with Crippen molar-refractivity contribution >= 4 is 23.4 Å². The largest absolute Gasteiger partial charge is 0.456 e. The van der Waals surface area contributed by atoms with E-state index in [4.69, 9.17) is 23.7 Å². The number of esters is 1. The van der Waals surface area contributed by atoms with Crippen LogP contribution < -0.4 is 0 Å². The van der Waals surface area contributed by atoms with Crippen LogP contribution in [-0.2, 0) is 42.9 Å². The van der Waals surface area contributed by atoms with Gasteiger partial charge in [-0.2, -0.15) is 0 Å². The monoisotopic (exact) mass is 807 g/mol. The number of aliphatic hydroxyl groups is 4. The number of rotatable bonds is 6. The zero-order chi connectivity index (χ0) is 42.4. The molecular weight excluding hydrogens is 738 g/mol. The van der Waals surface area contributed by atoms with Crippen LogP contribution in [0.5, 0.6) is 0 Å². The van der Waals surface area contributed by atoms with Gasteiger partial charge in [0.05, 0.1) is 36.6 Å². The maximum atomic E-state index is 14.3. The van der Waals surface area contributed by atoms with Crippen LogP contribution in [0.1, 0.15) is 106 Å². The lowest BCUT2D eigenvalue weighted by molar-refractivity contribution is -0.302. The highest BCUT2D eigenvalue weighted by Crippen LogP contribution is 2.39. The van der Waals surface area contributed by atoms with E-state index in [0.717, 1.165) is 4.90 Å². The summed E-state index contributed by atoms with van der Waals surface area (Å²) in [6.45, 7) is 10.6. The summed E-state index contributed by atoms with van der Waals surface area (Å²) in [4.78, 5) is 57.7. The van der Waals surface area contributed by atoms with Gasteiger partial charge in [-0.15, -0.1) is 0 Å². The van der Waals surface area contributed by atoms with Gasteiger partial charge in [0, 0.05) is 52.0 Å². The summed E-state index contributed by atoms with van der Waals surface area (Å²) in [6, 6.07) is -1.16. The minimum Gasteiger partial charge on any atom is -0.456 e. The molecule has 14 nitrogen and oxygen atoms in total. The average molecular weight is 808 g/mol. The first-order valence-corrected chi connectivity index (χ1v) is 20.9. The van der Waals surface area contributed by atoms with Crippen molar-refractivity contribution in [3.8, 4) is 0 Å². The SMILES string of the molecule is CCC1/C=C(\C)C(O)C(C)CC(OC)C2OC(O)(C(=O)C(=O)N3CCCCC3C(=O)OC(C(C)=CC3CCC(O)C(OC)C3)C(C)C(O)CC1=O)C(C)CC2OC. The number of Topliss-reactive ketones (excluding diaryl/α,β-unsaturated/α-hetero) is 2. The zero-order valence-corrected chi connectivity index (χ0v) is 35.4. The topological polar surface area (TPSA) is 199 Å². The zero-order valence-electron chi connectivity index (χ0n) is 35.4. The Balaban J connectivity index is 1.79. The third kappa shape index (κ3) is 10.8. The number of amides is 1. The first-order chi connectivity index (χ1) is 26.9. The quantitative estimate of drug-likeness (QED) is 0.173. The van der Waals surface area contributed by atoms with Crippen LogP contribution in [0.4, 0.5) is 0 Å². The summed E-state index contributed by atoms with van der Waals surface area (Å²) in [6.07, 6.45) is 0.618. The molecule has 0 radical (unpaired) electrons. The third-order valence-corrected chi connectivity index (χ3v) is 13.2. The smallest absolute Gasteiger partial charge is 0.329 e. The van der Waals surface area contributed by atoms with E-state index < -0.39 is 95.9 Å². The second kappa shape index (κ2) is 20.6. The number of cyclic esters (lactones) is 1. The third-order valence-electron chi connectivity index (χ3n) is 13.2. The fraction of sp³-hybridized carbons (Fsp3) is 0.814. The van der Waals surface area contributed by atoms with Crippen LogP contribution in [-0.4, -0.2) is 137 Å². The standard InChI is InChI=1S/C43H69NO13/c1-10-29-18-23(2)37(48)24(3)19-35(54-8)39-36(55-9)20-26(5)43(52,57-39)40(49)41(50)44-16-12-11-13-30(44)42(51)56-38(27(6)32(46)22-33(29)47)25(4)17-28-14-15-31(45)34(21-28)53-7/h17-18,24,26-32,34-39,45-46,48,52H,10-16,19-22H2,1-9H3/b23-18+,25-17?. The number of fused-ring (bicyclic) bond motifs is 3. The van der Waals surface area contributed by atoms with Gasteiger partial charge in [-0.1, -0.05) is 39.8 Å². The van der Waals surface area contributed by atoms with Gasteiger partial charge < -0.3 is 49.0 Å². The van der Waals surface area contributed by atoms with E-state index in [9.17, 15) is 39.6 Å². The van der Waals surface area contributed by atoms with Crippen molar-refractivity contribution in [3.05, 3.63) is 23.3 Å². The number of nitrogens with zero attached hydrogens (tertiary/aromatic N) is 1. The van der Waals surface area contributed by atoms with Crippen LogP contribution >= 0.6 is 0 Å². The van der Waals surface area contributed by atoms with Crippen molar-refractivity contribution < 1.29 is 63.3 Å². The van der Waals surface area contributed by atoms with Crippen molar-refractivity contribution in [2.45, 2.75) is 166 Å². The Hall–Kier alpha value is -2.56. The Labute approximate surface area is 338 Å². The Morgan fingerprint density at radius 1 is 0.912 bits per heavy atom. The lowest BCUT2D eigenvalue weighted by Gasteiger charge is -2.47. The molecule has 0 spiro atoms. The number of hydrogen-bond donors (Lipinski definition) is 4. The molecule has 2 bridgehead atoms. The molecular formula is C43H69NO13. The lowest BCUT2D eigenvalue weighted by Crippen LogP contribution is -2.64. The van der Waals surface area contributed by atoms with Crippen LogP contribution in [0.3, 0.4) is 0 Å². The van der Waals surface area contributed by atoms with Gasteiger partial charge >= 0.3 is 5.97 Å². The molecule has 4 rings (SSSR count). The number of ketones is 2. The minimum absolute atomic E-state index is 0.0255. The summed E-state index contributed by atoms with van der Waals surface area (Å²) < 4.78 is 29.6. The molecule has 0 aromatic carbocycles. The molecule has 4 N–H and O–H groups in total. The van der Waals surface area contributed by atoms with Crippen molar-refractivity contribution in [1.29, 1.82) is 0 Å². The van der Waals surface area contributed by atoms with Gasteiger partial charge in [0.1, 0.15) is 24.0 Å². The van der Waals surface area contributed by atoms with Gasteiger partial charge in [0.2, 0.25) is 5.79 Å². The molecule has 1 aliphatic carbocycles. The van der Waals surface area contributed by atoms with E-state index in [1.165, 1.54) is 14.2 Å². The Kier molecular flexibility index (Phi) is 17.0. The molecule has 14 heteroatoms. The molecule has 0 aromatic heterocycles. The number of allylic oxidation sites excluding steroid dienone is 2. The first-order valence-electron chi connectivity index (χ1n) is 20.9. The van der Waals surface area contributed by atoms with Gasteiger partial charge in [-0.25, -0.2) is 4.79 Å². The Morgan fingerprint density at radius 3 is 2.19 bits per heavy atom. The molecule has 1 amide bonds. The highest BCUT2D eigenvalue weighted by molar-refractivity contribution is 6.39. The Morgan fingerprint density at radius 2 is 1.56 bits per heavy atom. The number of hydrogen-bond acceptors (Lipinski definition) is 13. The summed E-state index contributed by atoms with van der Waals surface area (Å²) >= 11 is 0. The minimum atomic E-state index is -2.57. The number of carbonyl (C=O) groups is 4. The van der Waals surface area contributed by atoms with Crippen LogP contribution in [0.25, 0.3) is 0 Å². The van der Waals surface area contributed by atoms with Crippen molar-refractivity contribution in [2.75, 3.05) is 27.9 Å². The summed E-state index contributed by atoms with van der Waals surface area (Å²) in [5.74, 6) is -8.59. The highest BCUT2D eigenvalue weighted by atomic mass is 16.7. The molecule has 3 heterocycles. The van der Waals surface area contributed by atoms with E-state index in [2.05, 4.69) is 0 Å². The second-order valence-electron chi connectivity index (χ2n) is 17.2. The molecule has 3 aliphatic heterocycles. The van der Waals surface area contributed by atoms with Gasteiger partial charge in [0.15, 0.2) is 0 Å². The fourth-order valence-corrected chi connectivity index (χ4v) is 9.31. The first kappa shape index (κ1) is 47.1. The molecule has 2 saturated heterocycles.